The predicted octanol–water partition coefficient (Wildman–Crippen LogP) is 3.75. The van der Waals surface area contributed by atoms with E-state index in [1.54, 1.807) is 0 Å². The van der Waals surface area contributed by atoms with Crippen molar-refractivity contribution in [2.45, 2.75) is 44.2 Å². The molecule has 0 aromatic heterocycles. The number of nitrogens with zero attached hydrogens (tertiary/aromatic N) is 1. The number of hydrogen-bond acceptors (Lipinski definition) is 2. The molecule has 1 aliphatic rings. The van der Waals surface area contributed by atoms with Gasteiger partial charge in [0.05, 0.1) is 6.10 Å². The molecular formula is C15H22BrNO. The summed E-state index contributed by atoms with van der Waals surface area (Å²) in [5.74, 6) is 0. The molecule has 1 N–H and O–H groups in total. The summed E-state index contributed by atoms with van der Waals surface area (Å²) >= 11 is 3.50. The maximum absolute atomic E-state index is 10.2. The van der Waals surface area contributed by atoms with Gasteiger partial charge in [0.15, 0.2) is 0 Å². The van der Waals surface area contributed by atoms with Crippen LogP contribution in [-0.4, -0.2) is 29.6 Å². The summed E-state index contributed by atoms with van der Waals surface area (Å²) < 4.78 is 1.00. The topological polar surface area (TPSA) is 23.5 Å². The summed E-state index contributed by atoms with van der Waals surface area (Å²) in [4.78, 5) is 2.41. The quantitative estimate of drug-likeness (QED) is 0.895. The van der Waals surface area contributed by atoms with Crippen molar-refractivity contribution >= 4 is 15.9 Å². The molecule has 2 nitrogen and oxygen atoms in total. The molecule has 0 radical (unpaired) electrons. The third-order valence-electron chi connectivity index (χ3n) is 3.97. The highest BCUT2D eigenvalue weighted by molar-refractivity contribution is 9.10. The van der Waals surface area contributed by atoms with E-state index in [1.165, 1.54) is 25.7 Å². The average Bonchev–Trinajstić information content (AvgIpc) is 2.90. The maximum Gasteiger partial charge on any atom is 0.0813 e. The second-order valence-electron chi connectivity index (χ2n) is 5.24. The Bertz CT molecular complexity index is 377. The number of halogens is 1. The summed E-state index contributed by atoms with van der Waals surface area (Å²) in [5.41, 5.74) is 0.998. The average molecular weight is 312 g/mol. The Morgan fingerprint density at radius 3 is 2.67 bits per heavy atom. The van der Waals surface area contributed by atoms with Crippen LogP contribution in [0.15, 0.2) is 28.7 Å². The van der Waals surface area contributed by atoms with Crippen LogP contribution in [0, 0.1) is 0 Å². The van der Waals surface area contributed by atoms with Crippen molar-refractivity contribution in [1.29, 1.82) is 0 Å². The second kappa shape index (κ2) is 6.69. The highest BCUT2D eigenvalue weighted by Gasteiger charge is 2.20. The molecule has 1 aromatic rings. The Kier molecular flexibility index (Phi) is 5.22. The van der Waals surface area contributed by atoms with E-state index in [1.807, 2.05) is 24.3 Å². The summed E-state index contributed by atoms with van der Waals surface area (Å²) in [6, 6.07) is 8.66. The summed E-state index contributed by atoms with van der Waals surface area (Å²) in [5, 5.41) is 10.2. The minimum Gasteiger partial charge on any atom is -0.388 e. The van der Waals surface area contributed by atoms with Crippen LogP contribution < -0.4 is 0 Å². The first-order chi connectivity index (χ1) is 8.68. The van der Waals surface area contributed by atoms with Crippen molar-refractivity contribution in [2.24, 2.45) is 0 Å². The first kappa shape index (κ1) is 14.0. The lowest BCUT2D eigenvalue weighted by molar-refractivity contribution is 0.136. The number of aliphatic hydroxyl groups excluding tert-OH is 1. The molecule has 1 fully saturated rings. The van der Waals surface area contributed by atoms with Gasteiger partial charge in [-0.25, -0.2) is 0 Å². The highest BCUT2D eigenvalue weighted by atomic mass is 79.9. The molecule has 0 bridgehead atoms. The lowest BCUT2D eigenvalue weighted by atomic mass is 10.1. The third-order valence-corrected chi connectivity index (χ3v) is 4.69. The molecule has 0 spiro atoms. The van der Waals surface area contributed by atoms with Gasteiger partial charge >= 0.3 is 0 Å². The van der Waals surface area contributed by atoms with Gasteiger partial charge in [0, 0.05) is 17.1 Å². The maximum atomic E-state index is 10.2. The van der Waals surface area contributed by atoms with Gasteiger partial charge in [-0.1, -0.05) is 47.0 Å². The molecule has 1 aromatic carbocycles. The minimum atomic E-state index is -0.371. The number of benzene rings is 1. The standard InChI is InChI=1S/C15H22BrNO/c1-17(12-6-2-3-7-12)11-10-15(18)13-8-4-5-9-14(13)16/h4-5,8-9,12,15,18H,2-3,6-7,10-11H2,1H3. The number of rotatable bonds is 5. The van der Waals surface area contributed by atoms with Crippen molar-refractivity contribution in [3.63, 3.8) is 0 Å². The van der Waals surface area contributed by atoms with E-state index in [0.717, 1.165) is 29.0 Å². The molecule has 1 aliphatic carbocycles. The van der Waals surface area contributed by atoms with Crippen molar-refractivity contribution in [1.82, 2.24) is 4.90 Å². The first-order valence-corrected chi connectivity index (χ1v) is 7.60. The van der Waals surface area contributed by atoms with Crippen molar-refractivity contribution in [3.05, 3.63) is 34.3 Å². The van der Waals surface area contributed by atoms with Gasteiger partial charge in [-0.15, -0.1) is 0 Å². The number of hydrogen-bond donors (Lipinski definition) is 1. The molecule has 1 atom stereocenters. The minimum absolute atomic E-state index is 0.371. The van der Waals surface area contributed by atoms with E-state index >= 15 is 0 Å². The number of aliphatic hydroxyl groups is 1. The molecular weight excluding hydrogens is 290 g/mol. The molecule has 0 amide bonds. The molecule has 2 rings (SSSR count). The van der Waals surface area contributed by atoms with Crippen LogP contribution in [0.25, 0.3) is 0 Å². The molecule has 18 heavy (non-hydrogen) atoms. The van der Waals surface area contributed by atoms with Crippen molar-refractivity contribution < 1.29 is 5.11 Å². The molecule has 0 heterocycles. The fraction of sp³-hybridized carbons (Fsp3) is 0.600. The zero-order chi connectivity index (χ0) is 13.0. The van der Waals surface area contributed by atoms with Gasteiger partial charge < -0.3 is 10.0 Å². The largest absolute Gasteiger partial charge is 0.388 e. The molecule has 1 unspecified atom stereocenters. The van der Waals surface area contributed by atoms with Gasteiger partial charge in [0.1, 0.15) is 0 Å². The van der Waals surface area contributed by atoms with Crippen LogP contribution in [-0.2, 0) is 0 Å². The molecule has 1 saturated carbocycles. The lowest BCUT2D eigenvalue weighted by Crippen LogP contribution is -2.30. The normalized spacial score (nSPS) is 18.4. The van der Waals surface area contributed by atoms with E-state index < -0.39 is 0 Å². The van der Waals surface area contributed by atoms with E-state index in [9.17, 15) is 5.11 Å². The zero-order valence-electron chi connectivity index (χ0n) is 11.0. The zero-order valence-corrected chi connectivity index (χ0v) is 12.6. The third kappa shape index (κ3) is 3.56. The Labute approximate surface area is 118 Å². The second-order valence-corrected chi connectivity index (χ2v) is 6.10. The summed E-state index contributed by atoms with van der Waals surface area (Å²) in [6.45, 7) is 0.965. The van der Waals surface area contributed by atoms with Crippen LogP contribution in [0.5, 0.6) is 0 Å². The molecule has 0 aliphatic heterocycles. The van der Waals surface area contributed by atoms with Crippen LogP contribution in [0.4, 0.5) is 0 Å². The smallest absolute Gasteiger partial charge is 0.0813 e. The van der Waals surface area contributed by atoms with Crippen LogP contribution in [0.1, 0.15) is 43.8 Å². The van der Waals surface area contributed by atoms with Crippen LogP contribution >= 0.6 is 15.9 Å². The first-order valence-electron chi connectivity index (χ1n) is 6.81. The Morgan fingerprint density at radius 2 is 2.00 bits per heavy atom. The molecule has 3 heteroatoms. The monoisotopic (exact) mass is 311 g/mol. The van der Waals surface area contributed by atoms with Crippen LogP contribution in [0.3, 0.4) is 0 Å². The molecule has 100 valence electrons. The van der Waals surface area contributed by atoms with E-state index in [4.69, 9.17) is 0 Å². The SMILES string of the molecule is CN(CCC(O)c1ccccc1Br)C1CCCC1. The van der Waals surface area contributed by atoms with Crippen LogP contribution in [0.2, 0.25) is 0 Å². The molecule has 0 saturated heterocycles. The fourth-order valence-corrected chi connectivity index (χ4v) is 3.30. The Balaban J connectivity index is 1.84. The van der Waals surface area contributed by atoms with Crippen molar-refractivity contribution in [3.8, 4) is 0 Å². The van der Waals surface area contributed by atoms with Gasteiger partial charge in [-0.05, 0) is 37.9 Å². The van der Waals surface area contributed by atoms with Gasteiger partial charge in [0.2, 0.25) is 0 Å². The highest BCUT2D eigenvalue weighted by Crippen LogP contribution is 2.27. The fourth-order valence-electron chi connectivity index (χ4n) is 2.75. The van der Waals surface area contributed by atoms with E-state index in [-0.39, 0.29) is 6.10 Å². The summed E-state index contributed by atoms with van der Waals surface area (Å²) in [7, 11) is 2.18. The Hall–Kier alpha value is -0.380. The van der Waals surface area contributed by atoms with Gasteiger partial charge in [-0.2, -0.15) is 0 Å². The predicted molar refractivity (Wildman–Crippen MR) is 78.6 cm³/mol. The van der Waals surface area contributed by atoms with Gasteiger partial charge in [0.25, 0.3) is 0 Å². The van der Waals surface area contributed by atoms with Crippen molar-refractivity contribution in [2.75, 3.05) is 13.6 Å². The summed E-state index contributed by atoms with van der Waals surface area (Å²) in [6.07, 6.45) is 5.80. The van der Waals surface area contributed by atoms with E-state index in [2.05, 4.69) is 27.9 Å². The van der Waals surface area contributed by atoms with E-state index in [0.29, 0.717) is 0 Å². The lowest BCUT2D eigenvalue weighted by Gasteiger charge is -2.25. The van der Waals surface area contributed by atoms with Gasteiger partial charge in [-0.3, -0.25) is 0 Å². The Morgan fingerprint density at radius 1 is 1.33 bits per heavy atom.